The van der Waals surface area contributed by atoms with Crippen LogP contribution < -0.4 is 5.73 Å². The van der Waals surface area contributed by atoms with Gasteiger partial charge in [0, 0.05) is 45.5 Å². The molecule has 4 N–H and O–H groups in total. The number of nitrogens with two attached hydrogens (primary N) is 1. The molecule has 0 spiro atoms. The fraction of sp³-hybridized carbons (Fsp3) is 0.182. The van der Waals surface area contributed by atoms with Crippen molar-refractivity contribution in [2.75, 3.05) is 5.73 Å². The van der Waals surface area contributed by atoms with Gasteiger partial charge in [0.05, 0.1) is 11.2 Å². The number of hydrogen-bond donors (Lipinski definition) is 3. The third-order valence-electron chi connectivity index (χ3n) is 5.53. The van der Waals surface area contributed by atoms with Gasteiger partial charge in [0.1, 0.15) is 0 Å². The summed E-state index contributed by atoms with van der Waals surface area (Å²) in [6.45, 7) is 0. The second-order valence-electron chi connectivity index (χ2n) is 6.98. The Morgan fingerprint density at radius 3 is 2.69 bits per heavy atom. The number of aromatic amines is 1. The highest BCUT2D eigenvalue weighted by molar-refractivity contribution is 6.06. The Morgan fingerprint density at radius 2 is 1.85 bits per heavy atom. The smallest absolute Gasteiger partial charge is 0.0765 e. The first-order chi connectivity index (χ1) is 12.8. The molecule has 0 bridgehead atoms. The lowest BCUT2D eigenvalue weighted by Crippen LogP contribution is -2.09. The molecule has 0 fully saturated rings. The first-order valence-corrected chi connectivity index (χ1v) is 9.09. The highest BCUT2D eigenvalue weighted by Gasteiger charge is 2.22. The summed E-state index contributed by atoms with van der Waals surface area (Å²) in [5, 5.41) is 10.1. The number of nitrogens with one attached hydrogen (secondary N) is 2. The minimum Gasteiger partial charge on any atom is -0.398 e. The van der Waals surface area contributed by atoms with Crippen LogP contribution in [0.1, 0.15) is 29.5 Å². The van der Waals surface area contributed by atoms with E-state index in [1.807, 2.05) is 18.2 Å². The van der Waals surface area contributed by atoms with Crippen LogP contribution >= 0.6 is 0 Å². The third kappa shape index (κ3) is 2.08. The number of pyridine rings is 1. The molecule has 1 aliphatic carbocycles. The van der Waals surface area contributed by atoms with E-state index < -0.39 is 0 Å². The van der Waals surface area contributed by atoms with Crippen molar-refractivity contribution in [2.24, 2.45) is 0 Å². The molecule has 1 aliphatic rings. The molecule has 4 heteroatoms. The number of aromatic nitrogens is 2. The summed E-state index contributed by atoms with van der Waals surface area (Å²) in [5.74, 6) is 0. The Kier molecular flexibility index (Phi) is 3.32. The zero-order valence-corrected chi connectivity index (χ0v) is 14.5. The van der Waals surface area contributed by atoms with Gasteiger partial charge in [0.15, 0.2) is 0 Å². The van der Waals surface area contributed by atoms with E-state index in [2.05, 4.69) is 29.4 Å². The van der Waals surface area contributed by atoms with E-state index in [1.165, 1.54) is 35.6 Å². The fourth-order valence-corrected chi connectivity index (χ4v) is 4.31. The number of anilines is 1. The zero-order valence-electron chi connectivity index (χ0n) is 14.5. The summed E-state index contributed by atoms with van der Waals surface area (Å²) < 4.78 is 0. The summed E-state index contributed by atoms with van der Waals surface area (Å²) >= 11 is 0. The van der Waals surface area contributed by atoms with E-state index in [1.54, 1.807) is 0 Å². The maximum absolute atomic E-state index is 7.85. The van der Waals surface area contributed by atoms with Gasteiger partial charge in [-0.15, -0.1) is 0 Å². The molecule has 0 unspecified atom stereocenters. The average Bonchev–Trinajstić information content (AvgIpc) is 3.11. The number of fused-ring (bicyclic) bond motifs is 4. The number of nitrogens with zero attached hydrogens (tertiary/aromatic N) is 1. The average molecular weight is 340 g/mol. The van der Waals surface area contributed by atoms with Gasteiger partial charge in [0.25, 0.3) is 0 Å². The lowest BCUT2D eigenvalue weighted by Gasteiger charge is -2.22. The summed E-state index contributed by atoms with van der Waals surface area (Å²) in [4.78, 5) is 8.43. The number of hydrogen-bond acceptors (Lipinski definition) is 3. The van der Waals surface area contributed by atoms with Crippen LogP contribution in [0.2, 0.25) is 0 Å². The highest BCUT2D eigenvalue weighted by Crippen LogP contribution is 2.39. The minimum atomic E-state index is 0.655. The molecule has 0 radical (unpaired) electrons. The number of para-hydroxylation sites is 1. The van der Waals surface area contributed by atoms with Crippen LogP contribution in [0.3, 0.4) is 0 Å². The van der Waals surface area contributed by atoms with Gasteiger partial charge >= 0.3 is 0 Å². The van der Waals surface area contributed by atoms with Crippen LogP contribution in [0.5, 0.6) is 0 Å². The van der Waals surface area contributed by atoms with Gasteiger partial charge in [-0.05, 0) is 55.0 Å². The van der Waals surface area contributed by atoms with Crippen molar-refractivity contribution < 1.29 is 0 Å². The maximum atomic E-state index is 7.85. The van der Waals surface area contributed by atoms with Crippen molar-refractivity contribution in [3.05, 3.63) is 59.3 Å². The largest absolute Gasteiger partial charge is 0.398 e. The Labute approximate surface area is 151 Å². The molecule has 128 valence electrons. The Morgan fingerprint density at radius 1 is 1.04 bits per heavy atom. The van der Waals surface area contributed by atoms with E-state index in [9.17, 15) is 0 Å². The maximum Gasteiger partial charge on any atom is 0.0765 e. The van der Waals surface area contributed by atoms with Crippen molar-refractivity contribution in [3.8, 4) is 11.3 Å². The first kappa shape index (κ1) is 15.1. The number of aryl methyl sites for hydroxylation is 1. The topological polar surface area (TPSA) is 78.6 Å². The predicted molar refractivity (Wildman–Crippen MR) is 108 cm³/mol. The van der Waals surface area contributed by atoms with Crippen LogP contribution in [-0.2, 0) is 12.8 Å². The lowest BCUT2D eigenvalue weighted by atomic mass is 9.85. The van der Waals surface area contributed by atoms with Crippen LogP contribution in [-0.4, -0.2) is 16.2 Å². The zero-order chi connectivity index (χ0) is 17.7. The molecule has 4 aromatic rings. The van der Waals surface area contributed by atoms with Crippen LogP contribution in [0.15, 0.2) is 42.6 Å². The molecule has 26 heavy (non-hydrogen) atoms. The van der Waals surface area contributed by atoms with Gasteiger partial charge < -0.3 is 16.1 Å². The third-order valence-corrected chi connectivity index (χ3v) is 5.53. The van der Waals surface area contributed by atoms with Crippen molar-refractivity contribution in [1.29, 1.82) is 5.41 Å². The summed E-state index contributed by atoms with van der Waals surface area (Å²) in [6, 6.07) is 12.2. The van der Waals surface area contributed by atoms with E-state index in [-0.39, 0.29) is 0 Å². The van der Waals surface area contributed by atoms with Gasteiger partial charge in [-0.2, -0.15) is 0 Å². The van der Waals surface area contributed by atoms with Crippen LogP contribution in [0, 0.1) is 5.41 Å². The number of benzene rings is 2. The molecule has 4 nitrogen and oxygen atoms in total. The molecule has 2 aromatic heterocycles. The van der Waals surface area contributed by atoms with Crippen LogP contribution in [0.4, 0.5) is 5.69 Å². The number of rotatable bonds is 2. The molecule has 2 heterocycles. The van der Waals surface area contributed by atoms with Crippen molar-refractivity contribution in [1.82, 2.24) is 9.97 Å². The van der Waals surface area contributed by atoms with Crippen molar-refractivity contribution in [2.45, 2.75) is 25.7 Å². The predicted octanol–water partition coefficient (Wildman–Crippen LogP) is 4.84. The van der Waals surface area contributed by atoms with E-state index >= 15 is 0 Å². The Hall–Kier alpha value is -3.14. The van der Waals surface area contributed by atoms with Crippen LogP contribution in [0.25, 0.3) is 33.1 Å². The van der Waals surface area contributed by atoms with Gasteiger partial charge in [0.2, 0.25) is 0 Å². The van der Waals surface area contributed by atoms with Gasteiger partial charge in [-0.1, -0.05) is 18.2 Å². The van der Waals surface area contributed by atoms with Gasteiger partial charge in [-0.3, -0.25) is 0 Å². The quantitative estimate of drug-likeness (QED) is 0.360. The fourth-order valence-electron chi connectivity index (χ4n) is 4.31. The second-order valence-corrected chi connectivity index (χ2v) is 6.98. The Bertz CT molecular complexity index is 1170. The minimum absolute atomic E-state index is 0.655. The molecular weight excluding hydrogens is 320 g/mol. The molecule has 0 saturated carbocycles. The summed E-state index contributed by atoms with van der Waals surface area (Å²) in [7, 11) is 0. The molecule has 0 aliphatic heterocycles. The molecule has 0 amide bonds. The highest BCUT2D eigenvalue weighted by atomic mass is 14.7. The Balaban J connectivity index is 1.90. The molecule has 5 rings (SSSR count). The van der Waals surface area contributed by atoms with E-state index in [0.717, 1.165) is 46.1 Å². The first-order valence-electron chi connectivity index (χ1n) is 9.09. The van der Waals surface area contributed by atoms with E-state index in [0.29, 0.717) is 5.69 Å². The molecule has 0 atom stereocenters. The van der Waals surface area contributed by atoms with Crippen molar-refractivity contribution in [3.63, 3.8) is 0 Å². The monoisotopic (exact) mass is 340 g/mol. The molecule has 0 saturated heterocycles. The van der Waals surface area contributed by atoms with E-state index in [4.69, 9.17) is 16.1 Å². The SMILES string of the molecule is N=Cc1c(N)ccc2nc(-c3c[nH]c4ccccc34)c3c(c12)CCCC3. The summed E-state index contributed by atoms with van der Waals surface area (Å²) in [5.41, 5.74) is 14.6. The van der Waals surface area contributed by atoms with Gasteiger partial charge in [-0.25, -0.2) is 4.98 Å². The van der Waals surface area contributed by atoms with Crippen molar-refractivity contribution >= 4 is 33.7 Å². The molecular formula is C22H20N4. The standard InChI is InChI=1S/C22H20N4/c23-11-16-18(24)9-10-20-21(16)14-6-1-2-7-15(14)22(26-20)17-12-25-19-8-4-3-5-13(17)19/h3-5,8-12,23,25H,1-2,6-7,24H2. The number of nitrogen functional groups attached to an aromatic ring is 1. The number of H-pyrrole nitrogens is 1. The normalized spacial score (nSPS) is 13.8. The molecule has 2 aromatic carbocycles. The summed E-state index contributed by atoms with van der Waals surface area (Å²) in [6.07, 6.45) is 7.85. The lowest BCUT2D eigenvalue weighted by molar-refractivity contribution is 0.689. The second kappa shape index (κ2) is 5.70.